The number of ether oxygens (including phenoxy) is 3. The van der Waals surface area contributed by atoms with Crippen LogP contribution >= 0.6 is 0 Å². The van der Waals surface area contributed by atoms with Crippen LogP contribution < -0.4 is 16.4 Å². The predicted molar refractivity (Wildman–Crippen MR) is 142 cm³/mol. The first-order valence-electron chi connectivity index (χ1n) is 12.9. The number of nitrogens with one attached hydrogen (secondary N) is 2. The summed E-state index contributed by atoms with van der Waals surface area (Å²) in [4.78, 5) is 13.0. The van der Waals surface area contributed by atoms with Crippen molar-refractivity contribution in [1.29, 1.82) is 0 Å². The highest BCUT2D eigenvalue weighted by Gasteiger charge is 2.43. The van der Waals surface area contributed by atoms with Crippen molar-refractivity contribution in [3.8, 4) is 0 Å². The highest BCUT2D eigenvalue weighted by molar-refractivity contribution is 7.92. The Morgan fingerprint density at radius 2 is 1.84 bits per heavy atom. The van der Waals surface area contributed by atoms with Crippen molar-refractivity contribution in [1.82, 2.24) is 10.6 Å². The van der Waals surface area contributed by atoms with E-state index in [1.807, 2.05) is 30.3 Å². The summed E-state index contributed by atoms with van der Waals surface area (Å²) in [6, 6.07) is 15.1. The molecule has 4 unspecified atom stereocenters. The van der Waals surface area contributed by atoms with Gasteiger partial charge in [0.25, 0.3) is 0 Å². The van der Waals surface area contributed by atoms with Crippen molar-refractivity contribution in [2.45, 2.75) is 61.5 Å². The molecule has 0 aromatic heterocycles. The van der Waals surface area contributed by atoms with Gasteiger partial charge in [-0.05, 0) is 42.2 Å². The number of carbonyl (C=O) groups is 1. The van der Waals surface area contributed by atoms with E-state index in [0.717, 1.165) is 12.0 Å². The second-order valence-corrected chi connectivity index (χ2v) is 12.2. The Hall–Kier alpha value is -2.70. The van der Waals surface area contributed by atoms with E-state index < -0.39 is 33.5 Å². The summed E-state index contributed by atoms with van der Waals surface area (Å²) >= 11 is 0. The molecule has 11 heteroatoms. The Balaban J connectivity index is 1.43. The number of aliphatic hydroxyl groups excluding tert-OH is 1. The number of fused-ring (bicyclic) bond motifs is 1. The number of nitrogens with two attached hydrogens (primary N) is 1. The SMILES string of the molecule is CC(C)C(NC[C@@H](O)[C@H](Cc1ccccc1)OC(=O)NC1COC2OCCC12)S(=O)(=O)c1ccc(N)cc1. The van der Waals surface area contributed by atoms with E-state index >= 15 is 0 Å². The van der Waals surface area contributed by atoms with Gasteiger partial charge in [-0.2, -0.15) is 0 Å². The maximum absolute atomic E-state index is 13.3. The second-order valence-electron chi connectivity index (χ2n) is 10.2. The number of rotatable bonds is 11. The lowest BCUT2D eigenvalue weighted by Gasteiger charge is -2.28. The van der Waals surface area contributed by atoms with Crippen molar-refractivity contribution in [3.05, 3.63) is 60.2 Å². The lowest BCUT2D eigenvalue weighted by molar-refractivity contribution is -0.0905. The van der Waals surface area contributed by atoms with Gasteiger partial charge >= 0.3 is 6.09 Å². The van der Waals surface area contributed by atoms with E-state index in [0.29, 0.717) is 18.9 Å². The third kappa shape index (κ3) is 6.83. The van der Waals surface area contributed by atoms with Gasteiger partial charge in [0.15, 0.2) is 16.1 Å². The van der Waals surface area contributed by atoms with Crippen molar-refractivity contribution in [2.24, 2.45) is 11.8 Å². The quantitative estimate of drug-likeness (QED) is 0.310. The smallest absolute Gasteiger partial charge is 0.407 e. The number of sulfone groups is 1. The number of nitrogen functional groups attached to an aromatic ring is 1. The Bertz CT molecular complexity index is 1160. The van der Waals surface area contributed by atoms with Crippen molar-refractivity contribution < 1.29 is 32.5 Å². The molecule has 38 heavy (non-hydrogen) atoms. The Morgan fingerprint density at radius 3 is 2.53 bits per heavy atom. The first-order valence-corrected chi connectivity index (χ1v) is 14.4. The third-order valence-electron chi connectivity index (χ3n) is 6.99. The fraction of sp³-hybridized carbons (Fsp3) is 0.519. The lowest BCUT2D eigenvalue weighted by Crippen LogP contribution is -2.49. The minimum atomic E-state index is -3.77. The van der Waals surface area contributed by atoms with E-state index in [2.05, 4.69) is 10.6 Å². The summed E-state index contributed by atoms with van der Waals surface area (Å²) in [5.41, 5.74) is 7.05. The van der Waals surface area contributed by atoms with E-state index in [-0.39, 0.29) is 42.0 Å². The number of hydrogen-bond acceptors (Lipinski definition) is 9. The lowest BCUT2D eigenvalue weighted by atomic mass is 10.0. The molecule has 2 heterocycles. The maximum Gasteiger partial charge on any atom is 0.407 e. The van der Waals surface area contributed by atoms with E-state index in [1.165, 1.54) is 24.3 Å². The number of aliphatic hydroxyl groups is 1. The number of hydrogen-bond donors (Lipinski definition) is 4. The Morgan fingerprint density at radius 1 is 1.13 bits per heavy atom. The average Bonchev–Trinajstić information content (AvgIpc) is 3.49. The van der Waals surface area contributed by atoms with Gasteiger partial charge in [0.05, 0.1) is 24.2 Å². The summed E-state index contributed by atoms with van der Waals surface area (Å²) in [6.45, 7) is 4.38. The van der Waals surface area contributed by atoms with Gasteiger partial charge in [0.2, 0.25) is 0 Å². The van der Waals surface area contributed by atoms with Crippen molar-refractivity contribution in [2.75, 3.05) is 25.5 Å². The van der Waals surface area contributed by atoms with Crippen LogP contribution in [0.2, 0.25) is 0 Å². The zero-order chi connectivity index (χ0) is 27.3. The Labute approximate surface area is 223 Å². The highest BCUT2D eigenvalue weighted by Crippen LogP contribution is 2.31. The summed E-state index contributed by atoms with van der Waals surface area (Å²) in [7, 11) is -3.77. The van der Waals surface area contributed by atoms with Crippen LogP contribution in [-0.4, -0.2) is 69.3 Å². The summed E-state index contributed by atoms with van der Waals surface area (Å²) < 4.78 is 43.4. The summed E-state index contributed by atoms with van der Waals surface area (Å²) in [6.07, 6.45) is -2.03. The van der Waals surface area contributed by atoms with Crippen LogP contribution in [-0.2, 0) is 30.5 Å². The summed E-state index contributed by atoms with van der Waals surface area (Å²) in [5.74, 6) is -0.238. The number of anilines is 1. The topological polar surface area (TPSA) is 149 Å². The van der Waals surface area contributed by atoms with Crippen LogP contribution in [0.25, 0.3) is 0 Å². The molecule has 4 rings (SSSR count). The number of carbonyl (C=O) groups excluding carboxylic acids is 1. The molecule has 10 nitrogen and oxygen atoms in total. The molecule has 0 saturated carbocycles. The van der Waals surface area contributed by atoms with Crippen LogP contribution in [0.3, 0.4) is 0 Å². The average molecular weight is 548 g/mol. The van der Waals surface area contributed by atoms with Crippen LogP contribution in [0.4, 0.5) is 10.5 Å². The van der Waals surface area contributed by atoms with Crippen molar-refractivity contribution >= 4 is 21.6 Å². The number of amides is 1. The number of alkyl carbamates (subject to hydrolysis) is 1. The zero-order valence-electron chi connectivity index (χ0n) is 21.7. The fourth-order valence-corrected chi connectivity index (χ4v) is 6.76. The molecular formula is C27H37N3O7S. The molecule has 2 aliphatic heterocycles. The second kappa shape index (κ2) is 12.4. The number of benzene rings is 2. The van der Waals surface area contributed by atoms with Gasteiger partial charge in [-0.1, -0.05) is 44.2 Å². The molecule has 0 radical (unpaired) electrons. The molecule has 0 bridgehead atoms. The molecule has 2 aromatic rings. The van der Waals surface area contributed by atoms with Gasteiger partial charge in [-0.15, -0.1) is 0 Å². The largest absolute Gasteiger partial charge is 0.443 e. The fourth-order valence-electron chi connectivity index (χ4n) is 4.92. The van der Waals surface area contributed by atoms with Gasteiger partial charge in [-0.3, -0.25) is 5.32 Å². The molecule has 0 spiro atoms. The zero-order valence-corrected chi connectivity index (χ0v) is 22.5. The maximum atomic E-state index is 13.3. The van der Waals surface area contributed by atoms with E-state index in [4.69, 9.17) is 19.9 Å². The van der Waals surface area contributed by atoms with Crippen LogP contribution in [0.15, 0.2) is 59.5 Å². The monoisotopic (exact) mass is 547 g/mol. The van der Waals surface area contributed by atoms with Crippen LogP contribution in [0, 0.1) is 11.8 Å². The first-order chi connectivity index (χ1) is 18.1. The molecule has 0 aliphatic carbocycles. The minimum Gasteiger partial charge on any atom is -0.443 e. The molecule has 1 amide bonds. The molecule has 2 aliphatic rings. The third-order valence-corrected chi connectivity index (χ3v) is 9.30. The predicted octanol–water partition coefficient (Wildman–Crippen LogP) is 2.07. The molecular weight excluding hydrogens is 510 g/mol. The van der Waals surface area contributed by atoms with E-state index in [1.54, 1.807) is 13.8 Å². The van der Waals surface area contributed by atoms with Gasteiger partial charge in [-0.25, -0.2) is 13.2 Å². The van der Waals surface area contributed by atoms with E-state index in [9.17, 15) is 18.3 Å². The van der Waals surface area contributed by atoms with Crippen LogP contribution in [0.1, 0.15) is 25.8 Å². The molecule has 2 fully saturated rings. The minimum absolute atomic E-state index is 0.0621. The van der Waals surface area contributed by atoms with Crippen molar-refractivity contribution in [3.63, 3.8) is 0 Å². The van der Waals surface area contributed by atoms with Crippen LogP contribution in [0.5, 0.6) is 0 Å². The summed E-state index contributed by atoms with van der Waals surface area (Å²) in [5, 5.41) is 16.0. The highest BCUT2D eigenvalue weighted by atomic mass is 32.2. The molecule has 2 saturated heterocycles. The normalized spacial score (nSPS) is 23.5. The molecule has 2 aromatic carbocycles. The molecule has 208 valence electrons. The van der Waals surface area contributed by atoms with Gasteiger partial charge < -0.3 is 30.4 Å². The van der Waals surface area contributed by atoms with Gasteiger partial charge in [0.1, 0.15) is 17.6 Å². The van der Waals surface area contributed by atoms with Gasteiger partial charge in [0, 0.05) is 24.6 Å². The first kappa shape index (κ1) is 28.3. The standard InChI is InChI=1S/C27H37N3O7S/c1-17(2)25(38(33,34)20-10-8-19(28)9-11-20)29-15-23(31)24(14-18-6-4-3-5-7-18)37-27(32)30-22-16-36-26-21(22)12-13-35-26/h3-11,17,21-26,29,31H,12-16,28H2,1-2H3,(H,30,32)/t21?,22?,23-,24+,25?,26?/m1/s1. The molecule has 5 N–H and O–H groups in total. The Kier molecular flexibility index (Phi) is 9.27. The molecule has 6 atom stereocenters.